The molecule has 1 saturated heterocycles. The summed E-state index contributed by atoms with van der Waals surface area (Å²) in [5.41, 5.74) is 0. The standard InChI is InChI=1S/C8H7N3O6/c12-6-3-5(17-7(6)11(14)15)4-9-10-1-2-16-8(10)13/h3-4,12H,1-2H2/b9-4+. The van der Waals surface area contributed by atoms with Crippen molar-refractivity contribution in [3.8, 4) is 5.75 Å². The van der Waals surface area contributed by atoms with Gasteiger partial charge in [0, 0.05) is 6.07 Å². The fraction of sp³-hybridized carbons (Fsp3) is 0.250. The summed E-state index contributed by atoms with van der Waals surface area (Å²) in [6.45, 7) is 0.532. The molecule has 0 bridgehead atoms. The molecule has 1 aromatic heterocycles. The van der Waals surface area contributed by atoms with Crippen LogP contribution in [-0.4, -0.2) is 40.5 Å². The highest BCUT2D eigenvalue weighted by molar-refractivity contribution is 5.79. The molecule has 17 heavy (non-hydrogen) atoms. The number of nitrogens with zero attached hydrogens (tertiary/aromatic N) is 3. The van der Waals surface area contributed by atoms with Crippen LogP contribution in [0, 0.1) is 10.1 Å². The van der Waals surface area contributed by atoms with Crippen LogP contribution in [-0.2, 0) is 4.74 Å². The van der Waals surface area contributed by atoms with E-state index in [4.69, 9.17) is 9.52 Å². The molecule has 2 rings (SSSR count). The molecular formula is C8H7N3O6. The number of hydrazone groups is 1. The molecule has 90 valence electrons. The van der Waals surface area contributed by atoms with Gasteiger partial charge >= 0.3 is 12.0 Å². The molecule has 0 aromatic carbocycles. The largest absolute Gasteiger partial charge is 0.500 e. The molecule has 9 nitrogen and oxygen atoms in total. The van der Waals surface area contributed by atoms with Gasteiger partial charge in [-0.3, -0.25) is 10.1 Å². The van der Waals surface area contributed by atoms with E-state index < -0.39 is 22.7 Å². The number of amides is 1. The summed E-state index contributed by atoms with van der Waals surface area (Å²) >= 11 is 0. The first kappa shape index (κ1) is 10.9. The number of rotatable bonds is 3. The number of ether oxygens (including phenoxy) is 1. The lowest BCUT2D eigenvalue weighted by Gasteiger charge is -2.01. The van der Waals surface area contributed by atoms with Gasteiger partial charge in [0.15, 0.2) is 5.76 Å². The number of cyclic esters (lactones) is 1. The van der Waals surface area contributed by atoms with E-state index in [1.807, 2.05) is 0 Å². The Kier molecular flexibility index (Phi) is 2.65. The second kappa shape index (κ2) is 4.12. The van der Waals surface area contributed by atoms with Crippen molar-refractivity contribution in [2.45, 2.75) is 0 Å². The van der Waals surface area contributed by atoms with Crippen LogP contribution in [0.15, 0.2) is 15.6 Å². The third-order valence-electron chi connectivity index (χ3n) is 1.94. The SMILES string of the molecule is O=C1OCCN1/N=C/c1cc(O)c([N+](=O)[O-])o1. The lowest BCUT2D eigenvalue weighted by Crippen LogP contribution is -2.17. The van der Waals surface area contributed by atoms with E-state index in [0.717, 1.165) is 17.3 Å². The predicted octanol–water partition coefficient (Wildman–Crippen LogP) is 0.679. The van der Waals surface area contributed by atoms with E-state index >= 15 is 0 Å². The van der Waals surface area contributed by atoms with E-state index in [9.17, 15) is 14.9 Å². The summed E-state index contributed by atoms with van der Waals surface area (Å²) in [6.07, 6.45) is 0.478. The number of carbonyl (C=O) groups is 1. The van der Waals surface area contributed by atoms with Crippen molar-refractivity contribution in [3.63, 3.8) is 0 Å². The average Bonchev–Trinajstić information content (AvgIpc) is 2.82. The summed E-state index contributed by atoms with van der Waals surface area (Å²) in [7, 11) is 0. The smallest absolute Gasteiger partial charge is 0.476 e. The van der Waals surface area contributed by atoms with Crippen LogP contribution < -0.4 is 0 Å². The van der Waals surface area contributed by atoms with Crippen molar-refractivity contribution in [1.82, 2.24) is 5.01 Å². The second-order valence-corrected chi connectivity index (χ2v) is 3.08. The summed E-state index contributed by atoms with van der Waals surface area (Å²) in [5.74, 6) is -1.40. The highest BCUT2D eigenvalue weighted by Crippen LogP contribution is 2.28. The van der Waals surface area contributed by atoms with Crippen LogP contribution in [0.25, 0.3) is 0 Å². The average molecular weight is 241 g/mol. The Bertz CT molecular complexity index is 493. The molecule has 9 heteroatoms. The Morgan fingerprint density at radius 2 is 2.41 bits per heavy atom. The first-order valence-corrected chi connectivity index (χ1v) is 4.53. The molecule has 2 heterocycles. The van der Waals surface area contributed by atoms with Gasteiger partial charge in [-0.2, -0.15) is 10.1 Å². The van der Waals surface area contributed by atoms with E-state index in [0.29, 0.717) is 6.54 Å². The molecule has 0 spiro atoms. The van der Waals surface area contributed by atoms with Gasteiger partial charge in [-0.1, -0.05) is 0 Å². The number of nitro groups is 1. The highest BCUT2D eigenvalue weighted by atomic mass is 16.7. The van der Waals surface area contributed by atoms with Crippen LogP contribution in [0.1, 0.15) is 5.76 Å². The lowest BCUT2D eigenvalue weighted by atomic mass is 10.4. The monoisotopic (exact) mass is 241 g/mol. The van der Waals surface area contributed by atoms with Gasteiger partial charge in [0.1, 0.15) is 11.5 Å². The molecule has 1 aromatic rings. The van der Waals surface area contributed by atoms with Gasteiger partial charge in [0.25, 0.3) is 0 Å². The summed E-state index contributed by atoms with van der Waals surface area (Å²) in [5, 5.41) is 24.2. The summed E-state index contributed by atoms with van der Waals surface area (Å²) in [6, 6.07) is 1.03. The van der Waals surface area contributed by atoms with Crippen molar-refractivity contribution in [2.24, 2.45) is 5.10 Å². The molecule has 1 N–H and O–H groups in total. The van der Waals surface area contributed by atoms with Crippen LogP contribution in [0.2, 0.25) is 0 Å². The van der Waals surface area contributed by atoms with Gasteiger partial charge in [0.2, 0.25) is 5.75 Å². The van der Waals surface area contributed by atoms with Crippen LogP contribution in [0.3, 0.4) is 0 Å². The Morgan fingerprint density at radius 1 is 1.65 bits per heavy atom. The van der Waals surface area contributed by atoms with Gasteiger partial charge in [0.05, 0.1) is 12.8 Å². The first-order chi connectivity index (χ1) is 8.08. The van der Waals surface area contributed by atoms with E-state index in [-0.39, 0.29) is 12.4 Å². The maximum Gasteiger partial charge on any atom is 0.476 e. The molecule has 1 amide bonds. The van der Waals surface area contributed by atoms with Crippen molar-refractivity contribution >= 4 is 18.2 Å². The fourth-order valence-corrected chi connectivity index (χ4v) is 1.20. The number of carbonyl (C=O) groups excluding carboxylic acids is 1. The van der Waals surface area contributed by atoms with Gasteiger partial charge in [-0.25, -0.2) is 4.79 Å². The molecule has 1 aliphatic rings. The van der Waals surface area contributed by atoms with Gasteiger partial charge in [-0.15, -0.1) is 0 Å². The topological polar surface area (TPSA) is 118 Å². The Balaban J connectivity index is 2.13. The van der Waals surface area contributed by atoms with Crippen molar-refractivity contribution < 1.29 is 24.0 Å². The van der Waals surface area contributed by atoms with Crippen LogP contribution >= 0.6 is 0 Å². The summed E-state index contributed by atoms with van der Waals surface area (Å²) in [4.78, 5) is 20.5. The lowest BCUT2D eigenvalue weighted by molar-refractivity contribution is -0.403. The van der Waals surface area contributed by atoms with Crippen LogP contribution in [0.5, 0.6) is 5.75 Å². The molecule has 0 saturated carbocycles. The number of hydrogen-bond acceptors (Lipinski definition) is 7. The van der Waals surface area contributed by atoms with Crippen LogP contribution in [0.4, 0.5) is 10.7 Å². The zero-order chi connectivity index (χ0) is 12.4. The van der Waals surface area contributed by atoms with Crippen molar-refractivity contribution in [1.29, 1.82) is 0 Å². The fourth-order valence-electron chi connectivity index (χ4n) is 1.20. The van der Waals surface area contributed by atoms with Crippen molar-refractivity contribution in [2.75, 3.05) is 13.2 Å². The minimum Gasteiger partial charge on any atom is -0.500 e. The molecule has 1 aliphatic heterocycles. The molecule has 1 fully saturated rings. The minimum atomic E-state index is -0.864. The zero-order valence-electron chi connectivity index (χ0n) is 8.40. The maximum absolute atomic E-state index is 11.0. The Morgan fingerprint density at radius 3 is 2.94 bits per heavy atom. The maximum atomic E-state index is 11.0. The van der Waals surface area contributed by atoms with E-state index in [2.05, 4.69) is 9.84 Å². The van der Waals surface area contributed by atoms with Gasteiger partial charge in [-0.05, 0) is 0 Å². The molecule has 0 unspecified atom stereocenters. The second-order valence-electron chi connectivity index (χ2n) is 3.08. The quantitative estimate of drug-likeness (QED) is 0.472. The zero-order valence-corrected chi connectivity index (χ0v) is 8.40. The number of furan rings is 1. The minimum absolute atomic E-state index is 0.0334. The summed E-state index contributed by atoms with van der Waals surface area (Å²) < 4.78 is 9.30. The Labute approximate surface area is 94.0 Å². The number of hydrogen-bond donors (Lipinski definition) is 1. The highest BCUT2D eigenvalue weighted by Gasteiger charge is 2.22. The molecular weight excluding hydrogens is 234 g/mol. The molecule has 0 radical (unpaired) electrons. The Hall–Kier alpha value is -2.58. The third kappa shape index (κ3) is 2.17. The third-order valence-corrected chi connectivity index (χ3v) is 1.94. The normalized spacial score (nSPS) is 15.5. The first-order valence-electron chi connectivity index (χ1n) is 4.53. The van der Waals surface area contributed by atoms with E-state index in [1.54, 1.807) is 0 Å². The number of aromatic hydroxyl groups is 1. The predicted molar refractivity (Wildman–Crippen MR) is 52.7 cm³/mol. The van der Waals surface area contributed by atoms with Crippen molar-refractivity contribution in [3.05, 3.63) is 21.9 Å². The molecule has 0 atom stereocenters. The van der Waals surface area contributed by atoms with E-state index in [1.165, 1.54) is 0 Å². The molecule has 0 aliphatic carbocycles. The van der Waals surface area contributed by atoms with Gasteiger partial charge < -0.3 is 14.3 Å².